The molecule has 2 heterocycles. The first kappa shape index (κ1) is 17.8. The van der Waals surface area contributed by atoms with Gasteiger partial charge in [-0.05, 0) is 18.5 Å². The van der Waals surface area contributed by atoms with E-state index in [1.54, 1.807) is 6.92 Å². The zero-order valence-electron chi connectivity index (χ0n) is 13.9. The van der Waals surface area contributed by atoms with Crippen molar-refractivity contribution in [2.45, 2.75) is 20.3 Å². The number of aromatic nitrogens is 1. The van der Waals surface area contributed by atoms with E-state index in [2.05, 4.69) is 26.1 Å². The van der Waals surface area contributed by atoms with Gasteiger partial charge in [0, 0.05) is 25.6 Å². The third-order valence-electron chi connectivity index (χ3n) is 3.51. The van der Waals surface area contributed by atoms with Crippen LogP contribution in [0.1, 0.15) is 30.8 Å². The average Bonchev–Trinajstić information content (AvgIpc) is 3.23. The molecule has 0 fully saturated rings. The molecule has 2 rings (SSSR count). The molecular formula is C15H23N5O4. The van der Waals surface area contributed by atoms with Crippen LogP contribution in [0.15, 0.2) is 15.6 Å². The molecule has 1 aliphatic rings. The summed E-state index contributed by atoms with van der Waals surface area (Å²) >= 11 is 0. The van der Waals surface area contributed by atoms with Crippen molar-refractivity contribution in [2.75, 3.05) is 32.8 Å². The zero-order chi connectivity index (χ0) is 17.4. The number of guanidine groups is 1. The van der Waals surface area contributed by atoms with Crippen LogP contribution in [-0.4, -0.2) is 55.6 Å². The summed E-state index contributed by atoms with van der Waals surface area (Å²) in [4.78, 5) is 27.2. The fraction of sp³-hybridized carbons (Fsp3) is 0.600. The maximum atomic E-state index is 11.9. The highest BCUT2D eigenvalue weighted by Crippen LogP contribution is 2.11. The van der Waals surface area contributed by atoms with Gasteiger partial charge in [-0.25, -0.2) is 0 Å². The number of nitrogens with one attached hydrogen (secondary N) is 3. The van der Waals surface area contributed by atoms with Crippen molar-refractivity contribution in [3.8, 4) is 5.88 Å². The Labute approximate surface area is 140 Å². The summed E-state index contributed by atoms with van der Waals surface area (Å²) in [6.07, 6.45) is 0.755. The number of carbonyl (C=O) groups excluding carboxylic acids is 2. The molecule has 3 N–H and O–H groups in total. The first-order valence-electron chi connectivity index (χ1n) is 7.96. The highest BCUT2D eigenvalue weighted by Gasteiger charge is 2.16. The van der Waals surface area contributed by atoms with Crippen LogP contribution in [0, 0.1) is 5.92 Å². The SMILES string of the molecule is CC(=O)[C@H](C)CNC(=O)c1cc(OCCCNC2=NCCN2)no1. The number of rotatable bonds is 9. The fourth-order valence-corrected chi connectivity index (χ4v) is 1.88. The number of Topliss-reactive ketones (excluding diaryl/α,β-unsaturated/α-hetero) is 1. The minimum Gasteiger partial charge on any atom is -0.475 e. The van der Waals surface area contributed by atoms with Crippen LogP contribution in [0.3, 0.4) is 0 Å². The summed E-state index contributed by atoms with van der Waals surface area (Å²) in [6, 6.07) is 1.43. The largest absolute Gasteiger partial charge is 0.475 e. The van der Waals surface area contributed by atoms with Crippen molar-refractivity contribution in [1.29, 1.82) is 0 Å². The molecule has 0 bridgehead atoms. The van der Waals surface area contributed by atoms with E-state index in [9.17, 15) is 9.59 Å². The quantitative estimate of drug-likeness (QED) is 0.541. The Morgan fingerprint density at radius 3 is 3.04 bits per heavy atom. The molecule has 1 aliphatic heterocycles. The van der Waals surface area contributed by atoms with E-state index >= 15 is 0 Å². The Morgan fingerprint density at radius 1 is 1.50 bits per heavy atom. The second-order valence-corrected chi connectivity index (χ2v) is 5.54. The lowest BCUT2D eigenvalue weighted by molar-refractivity contribution is -0.120. The van der Waals surface area contributed by atoms with Gasteiger partial charge in [0.15, 0.2) is 5.96 Å². The van der Waals surface area contributed by atoms with Gasteiger partial charge >= 0.3 is 0 Å². The normalized spacial score (nSPS) is 14.5. The van der Waals surface area contributed by atoms with Crippen molar-refractivity contribution in [1.82, 2.24) is 21.1 Å². The third kappa shape index (κ3) is 5.56. The Morgan fingerprint density at radius 2 is 2.33 bits per heavy atom. The van der Waals surface area contributed by atoms with Gasteiger partial charge < -0.3 is 25.2 Å². The molecule has 24 heavy (non-hydrogen) atoms. The van der Waals surface area contributed by atoms with Gasteiger partial charge in [0.1, 0.15) is 5.78 Å². The van der Waals surface area contributed by atoms with Crippen LogP contribution in [0.5, 0.6) is 5.88 Å². The monoisotopic (exact) mass is 337 g/mol. The topological polar surface area (TPSA) is 118 Å². The second-order valence-electron chi connectivity index (χ2n) is 5.54. The maximum Gasteiger partial charge on any atom is 0.290 e. The molecule has 1 aromatic heterocycles. The van der Waals surface area contributed by atoms with Crippen molar-refractivity contribution >= 4 is 17.6 Å². The Kier molecular flexibility index (Phi) is 6.59. The van der Waals surface area contributed by atoms with Crippen LogP contribution in [0.4, 0.5) is 0 Å². The van der Waals surface area contributed by atoms with E-state index in [0.29, 0.717) is 6.61 Å². The van der Waals surface area contributed by atoms with Crippen LogP contribution in [0.2, 0.25) is 0 Å². The van der Waals surface area contributed by atoms with E-state index in [4.69, 9.17) is 9.26 Å². The molecule has 0 saturated carbocycles. The lowest BCUT2D eigenvalue weighted by Gasteiger charge is -2.07. The van der Waals surface area contributed by atoms with Gasteiger partial charge in [-0.15, -0.1) is 0 Å². The summed E-state index contributed by atoms with van der Waals surface area (Å²) in [6.45, 7) is 6.32. The van der Waals surface area contributed by atoms with E-state index in [0.717, 1.165) is 32.0 Å². The van der Waals surface area contributed by atoms with Crippen LogP contribution in [-0.2, 0) is 4.79 Å². The minimum absolute atomic E-state index is 0.0178. The maximum absolute atomic E-state index is 11.9. The molecule has 0 aromatic carbocycles. The molecule has 0 aliphatic carbocycles. The predicted molar refractivity (Wildman–Crippen MR) is 87.1 cm³/mol. The molecule has 1 atom stereocenters. The van der Waals surface area contributed by atoms with Gasteiger partial charge in [-0.2, -0.15) is 0 Å². The van der Waals surface area contributed by atoms with Gasteiger partial charge in [0.05, 0.1) is 19.2 Å². The first-order chi connectivity index (χ1) is 11.6. The molecule has 9 heteroatoms. The number of aliphatic imine (C=N–C) groups is 1. The number of hydrogen-bond acceptors (Lipinski definition) is 8. The molecule has 0 unspecified atom stereocenters. The molecule has 0 saturated heterocycles. The second kappa shape index (κ2) is 8.90. The molecule has 0 spiro atoms. The van der Waals surface area contributed by atoms with Gasteiger partial charge in [-0.1, -0.05) is 6.92 Å². The Bertz CT molecular complexity index is 598. The number of ketones is 1. The molecule has 132 valence electrons. The number of ether oxygens (including phenoxy) is 1. The van der Waals surface area contributed by atoms with E-state index in [1.807, 2.05) is 0 Å². The van der Waals surface area contributed by atoms with Gasteiger partial charge in [0.25, 0.3) is 11.8 Å². The van der Waals surface area contributed by atoms with Crippen LogP contribution in [0.25, 0.3) is 0 Å². The van der Waals surface area contributed by atoms with Gasteiger partial charge in [0.2, 0.25) is 5.76 Å². The molecule has 1 amide bonds. The molecule has 9 nitrogen and oxygen atoms in total. The third-order valence-corrected chi connectivity index (χ3v) is 3.51. The zero-order valence-corrected chi connectivity index (χ0v) is 13.9. The summed E-state index contributed by atoms with van der Waals surface area (Å²) in [5.74, 6) is 0.496. The number of carbonyl (C=O) groups is 2. The number of hydrogen-bond donors (Lipinski definition) is 3. The van der Waals surface area contributed by atoms with Crippen molar-refractivity contribution in [3.63, 3.8) is 0 Å². The minimum atomic E-state index is -0.419. The van der Waals surface area contributed by atoms with Crippen molar-refractivity contribution in [2.24, 2.45) is 10.9 Å². The van der Waals surface area contributed by atoms with E-state index < -0.39 is 5.91 Å². The standard InChI is InChI=1S/C15H23N5O4/c1-10(11(2)21)9-19-14(22)12-8-13(20-24-12)23-7-3-4-16-15-17-5-6-18-15/h8,10H,3-7,9H2,1-2H3,(H,19,22)(H2,16,17,18)/t10-/m1/s1. The summed E-state index contributed by atoms with van der Waals surface area (Å²) in [5.41, 5.74) is 0. The fourth-order valence-electron chi connectivity index (χ4n) is 1.88. The van der Waals surface area contributed by atoms with Crippen molar-refractivity contribution < 1.29 is 18.8 Å². The predicted octanol–water partition coefficient (Wildman–Crippen LogP) is -0.0528. The number of amides is 1. The van der Waals surface area contributed by atoms with E-state index in [-0.39, 0.29) is 29.9 Å². The molecule has 1 aromatic rings. The first-order valence-corrected chi connectivity index (χ1v) is 7.96. The average molecular weight is 337 g/mol. The lowest BCUT2D eigenvalue weighted by atomic mass is 10.1. The number of nitrogens with zero attached hydrogens (tertiary/aromatic N) is 2. The van der Waals surface area contributed by atoms with Gasteiger partial charge in [-0.3, -0.25) is 14.6 Å². The smallest absolute Gasteiger partial charge is 0.290 e. The van der Waals surface area contributed by atoms with Crippen LogP contribution >= 0.6 is 0 Å². The highest BCUT2D eigenvalue weighted by molar-refractivity contribution is 5.92. The van der Waals surface area contributed by atoms with E-state index in [1.165, 1.54) is 13.0 Å². The highest BCUT2D eigenvalue weighted by atomic mass is 16.5. The Hall–Kier alpha value is -2.58. The summed E-state index contributed by atoms with van der Waals surface area (Å²) in [7, 11) is 0. The molecular weight excluding hydrogens is 314 g/mol. The summed E-state index contributed by atoms with van der Waals surface area (Å²) in [5, 5.41) is 12.6. The lowest BCUT2D eigenvalue weighted by Crippen LogP contribution is -2.34. The molecule has 0 radical (unpaired) electrons. The van der Waals surface area contributed by atoms with Crippen molar-refractivity contribution in [3.05, 3.63) is 11.8 Å². The van der Waals surface area contributed by atoms with Crippen LogP contribution < -0.4 is 20.7 Å². The Balaban J connectivity index is 1.64. The summed E-state index contributed by atoms with van der Waals surface area (Å²) < 4.78 is 10.4.